The van der Waals surface area contributed by atoms with Gasteiger partial charge in [0.25, 0.3) is 0 Å². The number of aliphatic carboxylic acids is 1. The highest BCUT2D eigenvalue weighted by Crippen LogP contribution is 2.14. The number of halogens is 1. The number of rotatable bonds is 11. The standard InChI is InChI=1S/C11H24S2.C4H7BrO2/c1-2-3-4-5-6-7-8-9-10-11-13-12;1-4(2,5)3(6)7/h12H,2-11H2,1H3;1-2H3,(H,6,7). The molecule has 0 saturated heterocycles. The molecular weight excluding hydrogens is 356 g/mol. The minimum absolute atomic E-state index is 0.771. The van der Waals surface area contributed by atoms with E-state index in [4.69, 9.17) is 5.11 Å². The van der Waals surface area contributed by atoms with E-state index in [0.717, 1.165) is 0 Å². The van der Waals surface area contributed by atoms with E-state index in [0.29, 0.717) is 0 Å². The molecule has 0 amide bonds. The van der Waals surface area contributed by atoms with Crippen molar-refractivity contribution in [2.45, 2.75) is 82.9 Å². The van der Waals surface area contributed by atoms with Crippen LogP contribution in [0.5, 0.6) is 0 Å². The zero-order valence-corrected chi connectivity index (χ0v) is 16.5. The molecule has 0 radical (unpaired) electrons. The first-order chi connectivity index (χ1) is 9.36. The fourth-order valence-corrected chi connectivity index (χ4v) is 2.20. The third kappa shape index (κ3) is 21.0. The molecule has 0 unspecified atom stereocenters. The van der Waals surface area contributed by atoms with Crippen molar-refractivity contribution in [3.63, 3.8) is 0 Å². The summed E-state index contributed by atoms with van der Waals surface area (Å²) in [6.07, 6.45) is 12.8. The van der Waals surface area contributed by atoms with Crippen molar-refractivity contribution in [3.8, 4) is 0 Å². The molecule has 0 aromatic heterocycles. The number of hydrogen-bond donors (Lipinski definition) is 2. The molecule has 5 heteroatoms. The molecule has 2 nitrogen and oxygen atoms in total. The minimum atomic E-state index is -0.840. The lowest BCUT2D eigenvalue weighted by Gasteiger charge is -2.06. The summed E-state index contributed by atoms with van der Waals surface area (Å²) in [4.78, 5) is 9.97. The summed E-state index contributed by atoms with van der Waals surface area (Å²) >= 11 is 7.06. The fourth-order valence-electron chi connectivity index (χ4n) is 1.48. The Morgan fingerprint density at radius 1 is 1.05 bits per heavy atom. The molecule has 0 aliphatic rings. The Morgan fingerprint density at radius 2 is 1.40 bits per heavy atom. The maximum Gasteiger partial charge on any atom is 0.319 e. The molecule has 1 N–H and O–H groups in total. The smallest absolute Gasteiger partial charge is 0.319 e. The van der Waals surface area contributed by atoms with Crippen molar-refractivity contribution < 1.29 is 9.90 Å². The van der Waals surface area contributed by atoms with Crippen LogP contribution in [0.15, 0.2) is 0 Å². The lowest BCUT2D eigenvalue weighted by atomic mass is 10.1. The number of carboxylic acids is 1. The SMILES string of the molecule is CC(C)(Br)C(=O)O.CCCCCCCCCCCSS. The van der Waals surface area contributed by atoms with Crippen LogP contribution in [0, 0.1) is 0 Å². The van der Waals surface area contributed by atoms with Crippen LogP contribution in [0.4, 0.5) is 0 Å². The summed E-state index contributed by atoms with van der Waals surface area (Å²) in [5.74, 6) is 0.381. The van der Waals surface area contributed by atoms with Gasteiger partial charge in [-0.1, -0.05) is 85.0 Å². The van der Waals surface area contributed by atoms with Gasteiger partial charge in [-0.05, 0) is 20.3 Å². The van der Waals surface area contributed by atoms with E-state index >= 15 is 0 Å². The Labute approximate surface area is 142 Å². The molecule has 0 spiro atoms. The molecule has 122 valence electrons. The van der Waals surface area contributed by atoms with Crippen molar-refractivity contribution in [1.82, 2.24) is 0 Å². The Kier molecular flexibility index (Phi) is 18.4. The van der Waals surface area contributed by atoms with Gasteiger partial charge in [-0.2, -0.15) is 0 Å². The van der Waals surface area contributed by atoms with E-state index in [-0.39, 0.29) is 0 Å². The highest BCUT2D eigenvalue weighted by Gasteiger charge is 2.21. The van der Waals surface area contributed by atoms with Crippen molar-refractivity contribution in [1.29, 1.82) is 0 Å². The molecule has 0 saturated carbocycles. The second-order valence-corrected chi connectivity index (χ2v) is 8.86. The maximum absolute atomic E-state index is 9.97. The van der Waals surface area contributed by atoms with Gasteiger partial charge in [0, 0.05) is 5.75 Å². The number of thiol groups is 1. The molecule has 0 fully saturated rings. The van der Waals surface area contributed by atoms with Gasteiger partial charge < -0.3 is 5.11 Å². The van der Waals surface area contributed by atoms with Crippen LogP contribution in [0.1, 0.15) is 78.6 Å². The van der Waals surface area contributed by atoms with Gasteiger partial charge in [0.05, 0.1) is 0 Å². The summed E-state index contributed by atoms with van der Waals surface area (Å²) in [6.45, 7) is 5.43. The zero-order valence-electron chi connectivity index (χ0n) is 13.2. The fraction of sp³-hybridized carbons (Fsp3) is 0.933. The number of carbonyl (C=O) groups is 1. The lowest BCUT2D eigenvalue weighted by Crippen LogP contribution is -2.22. The number of carboxylic acid groups (broad SMARTS) is 1. The van der Waals surface area contributed by atoms with E-state index < -0.39 is 10.3 Å². The van der Waals surface area contributed by atoms with Crippen molar-refractivity contribution in [2.24, 2.45) is 0 Å². The minimum Gasteiger partial charge on any atom is -0.480 e. The largest absolute Gasteiger partial charge is 0.480 e. The molecule has 0 aliphatic heterocycles. The molecule has 0 aromatic carbocycles. The predicted molar refractivity (Wildman–Crippen MR) is 99.3 cm³/mol. The number of unbranched alkanes of at least 4 members (excludes halogenated alkanes) is 8. The lowest BCUT2D eigenvalue weighted by molar-refractivity contribution is -0.138. The first kappa shape index (κ1) is 22.9. The molecule has 0 heterocycles. The normalized spacial score (nSPS) is 10.8. The first-order valence-corrected chi connectivity index (χ1v) is 10.4. The van der Waals surface area contributed by atoms with Gasteiger partial charge in [-0.3, -0.25) is 4.79 Å². The van der Waals surface area contributed by atoms with E-state index in [1.54, 1.807) is 24.6 Å². The molecule has 0 bridgehead atoms. The molecule has 0 rings (SSSR count). The van der Waals surface area contributed by atoms with Crippen LogP contribution in [-0.4, -0.2) is 21.2 Å². The molecule has 0 aliphatic carbocycles. The van der Waals surface area contributed by atoms with Crippen LogP contribution >= 0.6 is 38.4 Å². The van der Waals surface area contributed by atoms with Crippen molar-refractivity contribution >= 4 is 44.4 Å². The van der Waals surface area contributed by atoms with E-state index in [9.17, 15) is 4.79 Å². The van der Waals surface area contributed by atoms with Gasteiger partial charge in [-0.15, -0.1) is 11.7 Å². The Morgan fingerprint density at radius 3 is 1.70 bits per heavy atom. The van der Waals surface area contributed by atoms with Crippen LogP contribution < -0.4 is 0 Å². The van der Waals surface area contributed by atoms with Gasteiger partial charge in [0.15, 0.2) is 0 Å². The third-order valence-corrected chi connectivity index (χ3v) is 4.21. The molecule has 20 heavy (non-hydrogen) atoms. The van der Waals surface area contributed by atoms with Crippen molar-refractivity contribution in [3.05, 3.63) is 0 Å². The second kappa shape index (κ2) is 16.0. The Bertz CT molecular complexity index is 208. The van der Waals surface area contributed by atoms with Crippen LogP contribution in [0.3, 0.4) is 0 Å². The average Bonchev–Trinajstić information content (AvgIpc) is 2.36. The zero-order chi connectivity index (χ0) is 15.9. The van der Waals surface area contributed by atoms with Gasteiger partial charge >= 0.3 is 5.97 Å². The average molecular weight is 387 g/mol. The van der Waals surface area contributed by atoms with Crippen LogP contribution in [0.25, 0.3) is 0 Å². The highest BCUT2D eigenvalue weighted by molar-refractivity contribution is 9.10. The second-order valence-electron chi connectivity index (χ2n) is 5.44. The maximum atomic E-state index is 9.97. The predicted octanol–water partition coefficient (Wildman–Crippen LogP) is 6.34. The topological polar surface area (TPSA) is 37.3 Å². The highest BCUT2D eigenvalue weighted by atomic mass is 79.9. The summed E-state index contributed by atoms with van der Waals surface area (Å²) in [5.41, 5.74) is 0. The molecular formula is C15H31BrO2S2. The van der Waals surface area contributed by atoms with Gasteiger partial charge in [0.1, 0.15) is 4.32 Å². The summed E-state index contributed by atoms with van der Waals surface area (Å²) in [6, 6.07) is 0. The quantitative estimate of drug-likeness (QED) is 0.188. The third-order valence-electron chi connectivity index (χ3n) is 2.85. The number of alkyl halides is 1. The van der Waals surface area contributed by atoms with Crippen LogP contribution in [0.2, 0.25) is 0 Å². The van der Waals surface area contributed by atoms with Crippen molar-refractivity contribution in [2.75, 3.05) is 5.75 Å². The first-order valence-electron chi connectivity index (χ1n) is 7.55. The van der Waals surface area contributed by atoms with E-state index in [1.807, 2.05) is 0 Å². The monoisotopic (exact) mass is 386 g/mol. The summed E-state index contributed by atoms with van der Waals surface area (Å²) in [7, 11) is 1.67. The van der Waals surface area contributed by atoms with E-state index in [2.05, 4.69) is 34.5 Å². The Hall–Kier alpha value is 0.650. The molecule has 0 aromatic rings. The summed E-state index contributed by atoms with van der Waals surface area (Å²) in [5, 5.41) is 8.20. The van der Waals surface area contributed by atoms with Crippen LogP contribution in [-0.2, 0) is 4.79 Å². The Balaban J connectivity index is 0. The van der Waals surface area contributed by atoms with Gasteiger partial charge in [0.2, 0.25) is 0 Å². The summed E-state index contributed by atoms with van der Waals surface area (Å²) < 4.78 is -0.771. The molecule has 0 atom stereocenters. The number of hydrogen-bond acceptors (Lipinski definition) is 3. The van der Waals surface area contributed by atoms with E-state index in [1.165, 1.54) is 63.5 Å². The van der Waals surface area contributed by atoms with Gasteiger partial charge in [-0.25, -0.2) is 0 Å².